The standard InChI is InChI=1S/C22H22N4O2/c1-14-8-11-19(28-2)17(12-14)25-22(27)18-13-20(23-16-9-10-16)26-21(24-18)15-6-4-3-5-7-15/h3-8,11-13,16H,9-10H2,1-2H3,(H,25,27)(H,23,24,26). The molecule has 0 saturated heterocycles. The van der Waals surface area contributed by atoms with Gasteiger partial charge in [-0.15, -0.1) is 0 Å². The molecule has 2 N–H and O–H groups in total. The zero-order chi connectivity index (χ0) is 19.5. The van der Waals surface area contributed by atoms with Crippen LogP contribution in [0.4, 0.5) is 11.5 Å². The van der Waals surface area contributed by atoms with Crippen LogP contribution in [-0.4, -0.2) is 29.0 Å². The van der Waals surface area contributed by atoms with Crippen LogP contribution in [0.25, 0.3) is 11.4 Å². The van der Waals surface area contributed by atoms with E-state index in [2.05, 4.69) is 20.6 Å². The third kappa shape index (κ3) is 4.11. The molecule has 1 saturated carbocycles. The number of benzene rings is 2. The van der Waals surface area contributed by atoms with E-state index in [1.54, 1.807) is 13.2 Å². The molecule has 0 radical (unpaired) electrons. The molecule has 142 valence electrons. The number of amides is 1. The number of rotatable bonds is 6. The van der Waals surface area contributed by atoms with Gasteiger partial charge in [-0.3, -0.25) is 4.79 Å². The maximum absolute atomic E-state index is 12.9. The minimum absolute atomic E-state index is 0.303. The lowest BCUT2D eigenvalue weighted by Gasteiger charge is -2.12. The predicted molar refractivity (Wildman–Crippen MR) is 110 cm³/mol. The average molecular weight is 374 g/mol. The maximum atomic E-state index is 12.9. The van der Waals surface area contributed by atoms with Gasteiger partial charge in [-0.1, -0.05) is 36.4 Å². The molecular formula is C22H22N4O2. The number of aryl methyl sites for hydroxylation is 1. The Morgan fingerprint density at radius 2 is 1.86 bits per heavy atom. The summed E-state index contributed by atoms with van der Waals surface area (Å²) in [6.45, 7) is 1.96. The van der Waals surface area contributed by atoms with Crippen molar-refractivity contribution in [2.75, 3.05) is 17.7 Å². The average Bonchev–Trinajstić information content (AvgIpc) is 3.52. The van der Waals surface area contributed by atoms with E-state index in [0.29, 0.717) is 34.8 Å². The van der Waals surface area contributed by atoms with Gasteiger partial charge in [0.1, 0.15) is 17.3 Å². The SMILES string of the molecule is COc1ccc(C)cc1NC(=O)c1cc(NC2CC2)nc(-c2ccccc2)n1. The van der Waals surface area contributed by atoms with Gasteiger partial charge in [-0.25, -0.2) is 9.97 Å². The molecule has 0 unspecified atom stereocenters. The summed E-state index contributed by atoms with van der Waals surface area (Å²) in [5.74, 6) is 1.49. The first-order valence-electron chi connectivity index (χ1n) is 9.29. The van der Waals surface area contributed by atoms with Gasteiger partial charge in [0.05, 0.1) is 12.8 Å². The summed E-state index contributed by atoms with van der Waals surface area (Å²) in [5, 5.41) is 6.27. The quantitative estimate of drug-likeness (QED) is 0.673. The summed E-state index contributed by atoms with van der Waals surface area (Å²) in [7, 11) is 1.58. The molecule has 1 aliphatic carbocycles. The molecule has 1 heterocycles. The second-order valence-corrected chi connectivity index (χ2v) is 6.90. The second kappa shape index (κ2) is 7.68. The lowest BCUT2D eigenvalue weighted by Crippen LogP contribution is -2.16. The van der Waals surface area contributed by atoms with E-state index >= 15 is 0 Å². The van der Waals surface area contributed by atoms with Crippen LogP contribution in [0.1, 0.15) is 28.9 Å². The topological polar surface area (TPSA) is 76.1 Å². The first-order chi connectivity index (χ1) is 13.6. The van der Waals surface area contributed by atoms with Crippen LogP contribution in [-0.2, 0) is 0 Å². The van der Waals surface area contributed by atoms with Crippen LogP contribution in [0, 0.1) is 6.92 Å². The molecule has 0 bridgehead atoms. The van der Waals surface area contributed by atoms with E-state index in [1.807, 2.05) is 55.5 Å². The third-order valence-electron chi connectivity index (χ3n) is 4.52. The molecule has 1 amide bonds. The van der Waals surface area contributed by atoms with Crippen LogP contribution in [0.5, 0.6) is 5.75 Å². The molecule has 1 aromatic heterocycles. The molecule has 0 atom stereocenters. The van der Waals surface area contributed by atoms with Gasteiger partial charge in [0, 0.05) is 17.7 Å². The summed E-state index contributed by atoms with van der Waals surface area (Å²) in [6.07, 6.45) is 2.24. The van der Waals surface area contributed by atoms with Crippen molar-refractivity contribution in [2.45, 2.75) is 25.8 Å². The number of carbonyl (C=O) groups excluding carboxylic acids is 1. The summed E-state index contributed by atoms with van der Waals surface area (Å²) in [6, 6.07) is 17.4. The van der Waals surface area contributed by atoms with Gasteiger partial charge in [0.15, 0.2) is 5.82 Å². The molecule has 4 rings (SSSR count). The van der Waals surface area contributed by atoms with Crippen molar-refractivity contribution in [1.82, 2.24) is 9.97 Å². The Hall–Kier alpha value is -3.41. The Kier molecular flexibility index (Phi) is 4.93. The minimum atomic E-state index is -0.303. The van der Waals surface area contributed by atoms with Gasteiger partial charge < -0.3 is 15.4 Å². The predicted octanol–water partition coefficient (Wildman–Crippen LogP) is 4.29. The Balaban J connectivity index is 1.67. The highest BCUT2D eigenvalue weighted by atomic mass is 16.5. The molecule has 28 heavy (non-hydrogen) atoms. The third-order valence-corrected chi connectivity index (χ3v) is 4.52. The zero-order valence-electron chi connectivity index (χ0n) is 15.9. The van der Waals surface area contributed by atoms with Crippen molar-refractivity contribution in [2.24, 2.45) is 0 Å². The van der Waals surface area contributed by atoms with Crippen LogP contribution < -0.4 is 15.4 Å². The maximum Gasteiger partial charge on any atom is 0.274 e. The fourth-order valence-electron chi connectivity index (χ4n) is 2.90. The highest BCUT2D eigenvalue weighted by Crippen LogP contribution is 2.28. The molecule has 6 nitrogen and oxygen atoms in total. The summed E-state index contributed by atoms with van der Waals surface area (Å²) >= 11 is 0. The molecule has 6 heteroatoms. The first-order valence-corrected chi connectivity index (χ1v) is 9.29. The van der Waals surface area contributed by atoms with Crippen molar-refractivity contribution in [1.29, 1.82) is 0 Å². The summed E-state index contributed by atoms with van der Waals surface area (Å²) in [4.78, 5) is 22.0. The number of aromatic nitrogens is 2. The molecular weight excluding hydrogens is 352 g/mol. The lowest BCUT2D eigenvalue weighted by atomic mass is 10.2. The van der Waals surface area contributed by atoms with Crippen molar-refractivity contribution in [3.05, 3.63) is 65.9 Å². The molecule has 0 aliphatic heterocycles. The van der Waals surface area contributed by atoms with Crippen molar-refractivity contribution < 1.29 is 9.53 Å². The number of hydrogen-bond acceptors (Lipinski definition) is 5. The van der Waals surface area contributed by atoms with Gasteiger partial charge in [-0.2, -0.15) is 0 Å². The van der Waals surface area contributed by atoms with Crippen LogP contribution in [0.15, 0.2) is 54.6 Å². The normalized spacial score (nSPS) is 13.1. The Morgan fingerprint density at radius 3 is 2.57 bits per heavy atom. The van der Waals surface area contributed by atoms with Crippen molar-refractivity contribution >= 4 is 17.4 Å². The molecule has 1 fully saturated rings. The largest absolute Gasteiger partial charge is 0.495 e. The first kappa shape index (κ1) is 18.0. The van der Waals surface area contributed by atoms with Crippen molar-refractivity contribution in [3.8, 4) is 17.1 Å². The lowest BCUT2D eigenvalue weighted by molar-refractivity contribution is 0.102. The van der Waals surface area contributed by atoms with Gasteiger partial charge in [0.25, 0.3) is 5.91 Å². The Labute approximate surface area is 164 Å². The Morgan fingerprint density at radius 1 is 1.07 bits per heavy atom. The molecule has 1 aliphatic rings. The van der Waals surface area contributed by atoms with Gasteiger partial charge >= 0.3 is 0 Å². The smallest absolute Gasteiger partial charge is 0.274 e. The molecule has 3 aromatic rings. The van der Waals surface area contributed by atoms with E-state index in [0.717, 1.165) is 24.0 Å². The monoisotopic (exact) mass is 374 g/mol. The molecule has 2 aromatic carbocycles. The number of anilines is 2. The van der Waals surface area contributed by atoms with E-state index in [1.165, 1.54) is 0 Å². The number of ether oxygens (including phenoxy) is 1. The highest BCUT2D eigenvalue weighted by Gasteiger charge is 2.23. The second-order valence-electron chi connectivity index (χ2n) is 6.90. The zero-order valence-corrected chi connectivity index (χ0v) is 15.9. The molecule has 0 spiro atoms. The van der Waals surface area contributed by atoms with E-state index < -0.39 is 0 Å². The van der Waals surface area contributed by atoms with Crippen LogP contribution in [0.2, 0.25) is 0 Å². The van der Waals surface area contributed by atoms with E-state index in [-0.39, 0.29) is 5.91 Å². The summed E-state index contributed by atoms with van der Waals surface area (Å²) in [5.41, 5.74) is 2.81. The minimum Gasteiger partial charge on any atom is -0.495 e. The van der Waals surface area contributed by atoms with E-state index in [9.17, 15) is 4.79 Å². The van der Waals surface area contributed by atoms with Crippen LogP contribution >= 0.6 is 0 Å². The summed E-state index contributed by atoms with van der Waals surface area (Å²) < 4.78 is 5.35. The number of hydrogen-bond donors (Lipinski definition) is 2. The highest BCUT2D eigenvalue weighted by molar-refractivity contribution is 6.04. The van der Waals surface area contributed by atoms with Gasteiger partial charge in [-0.05, 0) is 37.5 Å². The van der Waals surface area contributed by atoms with Crippen molar-refractivity contribution in [3.63, 3.8) is 0 Å². The van der Waals surface area contributed by atoms with Gasteiger partial charge in [0.2, 0.25) is 0 Å². The van der Waals surface area contributed by atoms with Crippen LogP contribution in [0.3, 0.4) is 0 Å². The fourth-order valence-corrected chi connectivity index (χ4v) is 2.90. The Bertz CT molecular complexity index is 1000. The fraction of sp³-hybridized carbons (Fsp3) is 0.227. The number of nitrogens with one attached hydrogen (secondary N) is 2. The number of methoxy groups -OCH3 is 1. The van der Waals surface area contributed by atoms with E-state index in [4.69, 9.17) is 4.74 Å². The number of carbonyl (C=O) groups is 1. The number of nitrogens with zero attached hydrogens (tertiary/aromatic N) is 2.